The Morgan fingerprint density at radius 3 is 2.24 bits per heavy atom. The molecule has 0 radical (unpaired) electrons. The first kappa shape index (κ1) is 22.3. The van der Waals surface area contributed by atoms with Gasteiger partial charge in [-0.1, -0.05) is 60.1 Å². The Labute approximate surface area is 197 Å². The summed E-state index contributed by atoms with van der Waals surface area (Å²) < 4.78 is 1.77. The molecule has 0 aliphatic rings. The van der Waals surface area contributed by atoms with Crippen molar-refractivity contribution in [2.45, 2.75) is 12.8 Å². The Bertz CT molecular complexity index is 1270. The van der Waals surface area contributed by atoms with E-state index in [1.54, 1.807) is 29.9 Å². The molecule has 2 amide bonds. The molecule has 4 aromatic rings. The molecule has 0 saturated carbocycles. The van der Waals surface area contributed by atoms with E-state index in [2.05, 4.69) is 10.6 Å². The fraction of sp³-hybridized carbons (Fsp3) is 0.115. The molecule has 0 fully saturated rings. The van der Waals surface area contributed by atoms with Gasteiger partial charge in [-0.3, -0.25) is 9.59 Å². The normalized spacial score (nSPS) is 10.6. The van der Waals surface area contributed by atoms with Crippen LogP contribution in [0, 0.1) is 0 Å². The summed E-state index contributed by atoms with van der Waals surface area (Å²) in [5.41, 5.74) is 4.64. The number of carbonyl (C=O) groups is 2. The molecule has 166 valence electrons. The van der Waals surface area contributed by atoms with Crippen LogP contribution in [0.4, 0.5) is 5.69 Å². The lowest BCUT2D eigenvalue weighted by molar-refractivity contribution is -0.120. The van der Waals surface area contributed by atoms with Crippen molar-refractivity contribution in [1.82, 2.24) is 15.1 Å². The summed E-state index contributed by atoms with van der Waals surface area (Å²) in [6.07, 6.45) is 2.18. The Kier molecular flexibility index (Phi) is 6.86. The summed E-state index contributed by atoms with van der Waals surface area (Å²) in [5.74, 6) is -0.312. The van der Waals surface area contributed by atoms with E-state index in [1.165, 1.54) is 0 Å². The van der Waals surface area contributed by atoms with Gasteiger partial charge in [-0.2, -0.15) is 5.10 Å². The molecule has 1 heterocycles. The lowest BCUT2D eigenvalue weighted by atomic mass is 10.1. The molecule has 0 atom stereocenters. The number of aromatic nitrogens is 2. The van der Waals surface area contributed by atoms with Crippen LogP contribution < -0.4 is 10.6 Å². The summed E-state index contributed by atoms with van der Waals surface area (Å²) in [6.45, 7) is 0. The average Bonchev–Trinajstić information content (AvgIpc) is 3.25. The fourth-order valence-corrected chi connectivity index (χ4v) is 3.65. The van der Waals surface area contributed by atoms with Gasteiger partial charge in [0, 0.05) is 35.1 Å². The van der Waals surface area contributed by atoms with E-state index in [0.29, 0.717) is 16.4 Å². The van der Waals surface area contributed by atoms with Crippen molar-refractivity contribution < 1.29 is 9.59 Å². The van der Waals surface area contributed by atoms with Crippen molar-refractivity contribution in [1.29, 1.82) is 0 Å². The summed E-state index contributed by atoms with van der Waals surface area (Å²) >= 11 is 6.06. The largest absolute Gasteiger partial charge is 0.359 e. The summed E-state index contributed by atoms with van der Waals surface area (Å²) in [4.78, 5) is 24.8. The number of benzene rings is 3. The zero-order valence-electron chi connectivity index (χ0n) is 18.1. The van der Waals surface area contributed by atoms with Gasteiger partial charge in [-0.05, 0) is 35.9 Å². The van der Waals surface area contributed by atoms with Crippen LogP contribution in [0.25, 0.3) is 16.9 Å². The van der Waals surface area contributed by atoms with Gasteiger partial charge in [0.2, 0.25) is 11.8 Å². The van der Waals surface area contributed by atoms with Crippen molar-refractivity contribution >= 4 is 29.1 Å². The first-order chi connectivity index (χ1) is 16.0. The highest BCUT2D eigenvalue weighted by atomic mass is 35.5. The molecule has 0 aliphatic heterocycles. The molecule has 2 N–H and O–H groups in total. The molecule has 0 saturated heterocycles. The third-order valence-corrected chi connectivity index (χ3v) is 5.45. The van der Waals surface area contributed by atoms with Gasteiger partial charge >= 0.3 is 0 Å². The summed E-state index contributed by atoms with van der Waals surface area (Å²) in [5, 5.41) is 10.9. The zero-order chi connectivity index (χ0) is 23.2. The number of anilines is 1. The van der Waals surface area contributed by atoms with Crippen molar-refractivity contribution in [3.8, 4) is 16.9 Å². The molecule has 33 heavy (non-hydrogen) atoms. The van der Waals surface area contributed by atoms with E-state index in [1.807, 2.05) is 66.9 Å². The topological polar surface area (TPSA) is 76.0 Å². The Balaban J connectivity index is 1.62. The summed E-state index contributed by atoms with van der Waals surface area (Å²) in [6, 6.07) is 24.4. The highest BCUT2D eigenvalue weighted by Gasteiger charge is 2.17. The van der Waals surface area contributed by atoms with E-state index in [-0.39, 0.29) is 24.7 Å². The molecule has 0 bridgehead atoms. The van der Waals surface area contributed by atoms with Gasteiger partial charge < -0.3 is 10.6 Å². The molecular weight excluding hydrogens is 436 g/mol. The third-order valence-electron chi connectivity index (χ3n) is 5.20. The van der Waals surface area contributed by atoms with Crippen LogP contribution in [-0.4, -0.2) is 28.6 Å². The lowest BCUT2D eigenvalue weighted by Gasteiger charge is -2.11. The molecule has 6 nitrogen and oxygen atoms in total. The molecular formula is C26H23ClN4O2. The second-order valence-corrected chi connectivity index (χ2v) is 7.96. The third kappa shape index (κ3) is 5.48. The van der Waals surface area contributed by atoms with Gasteiger partial charge in [0.1, 0.15) is 0 Å². The number of nitrogens with one attached hydrogen (secondary N) is 2. The maximum absolute atomic E-state index is 13.0. The predicted molar refractivity (Wildman–Crippen MR) is 131 cm³/mol. The number of likely N-dealkylation sites (N-methyl/N-ethyl adjacent to an activating group) is 1. The SMILES string of the molecule is CNC(=O)Cc1ccccc1NC(=O)Cc1cn(-c2ccccc2)nc1-c1ccc(Cl)cc1. The minimum Gasteiger partial charge on any atom is -0.359 e. The molecule has 3 aromatic carbocycles. The van der Waals surface area contributed by atoms with Gasteiger partial charge in [0.25, 0.3) is 0 Å². The van der Waals surface area contributed by atoms with Gasteiger partial charge in [-0.15, -0.1) is 0 Å². The molecule has 7 heteroatoms. The molecule has 0 unspecified atom stereocenters. The number of hydrogen-bond donors (Lipinski definition) is 2. The van der Waals surface area contributed by atoms with Crippen molar-refractivity contribution in [3.63, 3.8) is 0 Å². The smallest absolute Gasteiger partial charge is 0.228 e. The Morgan fingerprint density at radius 1 is 0.848 bits per heavy atom. The minimum atomic E-state index is -0.192. The number of amides is 2. The van der Waals surface area contributed by atoms with E-state index in [9.17, 15) is 9.59 Å². The number of hydrogen-bond acceptors (Lipinski definition) is 3. The van der Waals surface area contributed by atoms with Crippen LogP contribution in [0.5, 0.6) is 0 Å². The van der Waals surface area contributed by atoms with Crippen molar-refractivity contribution in [3.05, 3.63) is 101 Å². The van der Waals surface area contributed by atoms with Crippen LogP contribution >= 0.6 is 11.6 Å². The first-order valence-electron chi connectivity index (χ1n) is 10.5. The van der Waals surface area contributed by atoms with Crippen LogP contribution in [0.2, 0.25) is 5.02 Å². The highest BCUT2D eigenvalue weighted by Crippen LogP contribution is 2.26. The van der Waals surface area contributed by atoms with Crippen LogP contribution in [0.3, 0.4) is 0 Å². The predicted octanol–water partition coefficient (Wildman–Crippen LogP) is 4.66. The molecule has 4 rings (SSSR count). The monoisotopic (exact) mass is 458 g/mol. The van der Waals surface area contributed by atoms with E-state index in [4.69, 9.17) is 16.7 Å². The first-order valence-corrected chi connectivity index (χ1v) is 10.9. The van der Waals surface area contributed by atoms with E-state index < -0.39 is 0 Å². The second-order valence-electron chi connectivity index (χ2n) is 7.52. The van der Waals surface area contributed by atoms with Crippen molar-refractivity contribution in [2.24, 2.45) is 0 Å². The minimum absolute atomic E-state index is 0.120. The fourth-order valence-electron chi connectivity index (χ4n) is 3.53. The average molecular weight is 459 g/mol. The van der Waals surface area contributed by atoms with E-state index >= 15 is 0 Å². The standard InChI is InChI=1S/C26H23ClN4O2/c1-28-24(32)15-19-7-5-6-10-23(19)29-25(33)16-20-17-31(22-8-3-2-4-9-22)30-26(20)18-11-13-21(27)14-12-18/h2-14,17H,15-16H2,1H3,(H,28,32)(H,29,33). The maximum Gasteiger partial charge on any atom is 0.228 e. The lowest BCUT2D eigenvalue weighted by Crippen LogP contribution is -2.22. The quantitative estimate of drug-likeness (QED) is 0.423. The number of nitrogens with zero attached hydrogens (tertiary/aromatic N) is 2. The van der Waals surface area contributed by atoms with Crippen LogP contribution in [-0.2, 0) is 22.4 Å². The number of rotatable bonds is 7. The molecule has 1 aromatic heterocycles. The molecule has 0 aliphatic carbocycles. The van der Waals surface area contributed by atoms with Gasteiger partial charge in [0.05, 0.1) is 24.2 Å². The van der Waals surface area contributed by atoms with Crippen LogP contribution in [0.15, 0.2) is 85.1 Å². The Hall–Kier alpha value is -3.90. The zero-order valence-corrected chi connectivity index (χ0v) is 18.8. The van der Waals surface area contributed by atoms with Crippen molar-refractivity contribution in [2.75, 3.05) is 12.4 Å². The Morgan fingerprint density at radius 2 is 1.52 bits per heavy atom. The van der Waals surface area contributed by atoms with Gasteiger partial charge in [0.15, 0.2) is 0 Å². The second kappa shape index (κ2) is 10.1. The maximum atomic E-state index is 13.0. The number of para-hydroxylation sites is 2. The van der Waals surface area contributed by atoms with Crippen LogP contribution in [0.1, 0.15) is 11.1 Å². The number of carbonyl (C=O) groups excluding carboxylic acids is 2. The van der Waals surface area contributed by atoms with Gasteiger partial charge in [-0.25, -0.2) is 4.68 Å². The number of halogens is 1. The van der Waals surface area contributed by atoms with E-state index in [0.717, 1.165) is 22.4 Å². The summed E-state index contributed by atoms with van der Waals surface area (Å²) in [7, 11) is 1.59. The molecule has 0 spiro atoms. The highest BCUT2D eigenvalue weighted by molar-refractivity contribution is 6.30.